The fourth-order valence-corrected chi connectivity index (χ4v) is 4.34. The van der Waals surface area contributed by atoms with Crippen LogP contribution in [0.25, 0.3) is 0 Å². The van der Waals surface area contributed by atoms with Gasteiger partial charge < -0.3 is 25.0 Å². The molecule has 0 fully saturated rings. The molecule has 2 aromatic carbocycles. The first kappa shape index (κ1) is 23.2. The second-order valence-electron chi connectivity index (χ2n) is 7.83. The number of fused-ring (bicyclic) bond motifs is 1. The fourth-order valence-electron chi connectivity index (χ4n) is 3.78. The lowest BCUT2D eigenvalue weighted by atomic mass is 9.82. The van der Waals surface area contributed by atoms with Gasteiger partial charge in [0.2, 0.25) is 10.0 Å². The van der Waals surface area contributed by atoms with E-state index in [4.69, 9.17) is 9.47 Å². The normalized spacial score (nSPS) is 16.9. The van der Waals surface area contributed by atoms with E-state index in [-0.39, 0.29) is 18.0 Å². The number of phenols is 1. The number of aliphatic hydroxyl groups excluding tert-OH is 1. The molecule has 2 atom stereocenters. The van der Waals surface area contributed by atoms with Crippen LogP contribution >= 0.6 is 0 Å². The SMILES string of the molecule is COc1ccc2c(c1)C(CNC[C@H](O)COc1ccc(O)c(NS(C)(=O)=O)c1)CCC2. The minimum absolute atomic E-state index is 0.0269. The summed E-state index contributed by atoms with van der Waals surface area (Å²) in [6.45, 7) is 1.15. The standard InChI is InChI=1S/C22H30N2O6S/c1-29-18-7-6-15-4-3-5-16(20(15)10-18)12-23-13-17(25)14-30-19-8-9-22(26)21(11-19)24-31(2,27)28/h6-11,16-17,23-26H,3-5,12-14H2,1-2H3/t16?,17-/m0/s1. The smallest absolute Gasteiger partial charge is 0.229 e. The average Bonchev–Trinajstić information content (AvgIpc) is 2.73. The summed E-state index contributed by atoms with van der Waals surface area (Å²) in [5.41, 5.74) is 2.69. The van der Waals surface area contributed by atoms with Gasteiger partial charge in [0.25, 0.3) is 0 Å². The molecule has 0 saturated carbocycles. The zero-order valence-corrected chi connectivity index (χ0v) is 18.6. The summed E-state index contributed by atoms with van der Waals surface area (Å²) >= 11 is 0. The number of aliphatic hydroxyl groups is 1. The third kappa shape index (κ3) is 6.75. The Labute approximate surface area is 183 Å². The monoisotopic (exact) mass is 450 g/mol. The second kappa shape index (κ2) is 10.2. The van der Waals surface area contributed by atoms with E-state index in [1.165, 1.54) is 29.3 Å². The number of rotatable bonds is 10. The molecule has 31 heavy (non-hydrogen) atoms. The van der Waals surface area contributed by atoms with Crippen LogP contribution in [0.1, 0.15) is 29.9 Å². The van der Waals surface area contributed by atoms with E-state index in [1.807, 2.05) is 6.07 Å². The number of sulfonamides is 1. The first-order chi connectivity index (χ1) is 14.7. The Morgan fingerprint density at radius 2 is 1.97 bits per heavy atom. The molecule has 0 aromatic heterocycles. The van der Waals surface area contributed by atoms with E-state index in [0.29, 0.717) is 18.2 Å². The van der Waals surface area contributed by atoms with E-state index in [0.717, 1.165) is 37.8 Å². The van der Waals surface area contributed by atoms with Gasteiger partial charge in [-0.3, -0.25) is 4.72 Å². The average molecular weight is 451 g/mol. The molecule has 0 saturated heterocycles. The van der Waals surface area contributed by atoms with Gasteiger partial charge in [0, 0.05) is 19.2 Å². The van der Waals surface area contributed by atoms with Crippen LogP contribution in [0.3, 0.4) is 0 Å². The summed E-state index contributed by atoms with van der Waals surface area (Å²) in [6.07, 6.45) is 3.56. The third-order valence-corrected chi connectivity index (χ3v) is 5.86. The first-order valence-electron chi connectivity index (χ1n) is 10.2. The summed E-state index contributed by atoms with van der Waals surface area (Å²) in [4.78, 5) is 0. The predicted molar refractivity (Wildman–Crippen MR) is 120 cm³/mol. The maximum atomic E-state index is 11.4. The van der Waals surface area contributed by atoms with Crippen molar-refractivity contribution < 1.29 is 28.1 Å². The van der Waals surface area contributed by atoms with Crippen molar-refractivity contribution >= 4 is 15.7 Å². The predicted octanol–water partition coefficient (Wildman–Crippen LogP) is 2.22. The minimum atomic E-state index is -3.53. The lowest BCUT2D eigenvalue weighted by Crippen LogP contribution is -2.34. The number of anilines is 1. The van der Waals surface area contributed by atoms with Gasteiger partial charge in [-0.05, 0) is 60.6 Å². The van der Waals surface area contributed by atoms with Gasteiger partial charge in [-0.1, -0.05) is 6.07 Å². The van der Waals surface area contributed by atoms with Gasteiger partial charge in [0.15, 0.2) is 0 Å². The van der Waals surface area contributed by atoms with E-state index in [9.17, 15) is 18.6 Å². The van der Waals surface area contributed by atoms with E-state index in [1.54, 1.807) is 7.11 Å². The van der Waals surface area contributed by atoms with Crippen molar-refractivity contribution in [1.82, 2.24) is 5.32 Å². The van der Waals surface area contributed by atoms with Crippen molar-refractivity contribution in [2.45, 2.75) is 31.3 Å². The van der Waals surface area contributed by atoms with Crippen LogP contribution < -0.4 is 19.5 Å². The Balaban J connectivity index is 1.49. The lowest BCUT2D eigenvalue weighted by Gasteiger charge is -2.26. The van der Waals surface area contributed by atoms with Gasteiger partial charge >= 0.3 is 0 Å². The summed E-state index contributed by atoms with van der Waals surface area (Å²) in [7, 11) is -1.86. The molecule has 1 aliphatic carbocycles. The molecule has 4 N–H and O–H groups in total. The van der Waals surface area contributed by atoms with Crippen LogP contribution in [-0.2, 0) is 16.4 Å². The molecule has 0 aliphatic heterocycles. The summed E-state index contributed by atoms with van der Waals surface area (Å²) in [6, 6.07) is 10.5. The molecule has 0 radical (unpaired) electrons. The zero-order valence-electron chi connectivity index (χ0n) is 17.8. The quantitative estimate of drug-likeness (QED) is 0.410. The molecule has 1 unspecified atom stereocenters. The van der Waals surface area contributed by atoms with Crippen molar-refractivity contribution in [3.05, 3.63) is 47.5 Å². The number of hydrogen-bond donors (Lipinski definition) is 4. The largest absolute Gasteiger partial charge is 0.506 e. The van der Waals surface area contributed by atoms with E-state index >= 15 is 0 Å². The molecule has 0 amide bonds. The Morgan fingerprint density at radius 1 is 1.19 bits per heavy atom. The van der Waals surface area contributed by atoms with Crippen LogP contribution in [0.2, 0.25) is 0 Å². The van der Waals surface area contributed by atoms with Gasteiger partial charge in [-0.25, -0.2) is 8.42 Å². The van der Waals surface area contributed by atoms with Gasteiger partial charge in [-0.2, -0.15) is 0 Å². The van der Waals surface area contributed by atoms with Crippen LogP contribution in [0, 0.1) is 0 Å². The van der Waals surface area contributed by atoms with Crippen molar-refractivity contribution in [2.24, 2.45) is 0 Å². The van der Waals surface area contributed by atoms with Gasteiger partial charge in [0.1, 0.15) is 30.0 Å². The number of methoxy groups -OCH3 is 1. The maximum absolute atomic E-state index is 11.4. The molecule has 8 nitrogen and oxygen atoms in total. The summed E-state index contributed by atoms with van der Waals surface area (Å²) < 4.78 is 35.9. The number of phenolic OH excluding ortho intramolecular Hbond substituents is 1. The Morgan fingerprint density at radius 3 is 2.71 bits per heavy atom. The number of ether oxygens (including phenoxy) is 2. The lowest BCUT2D eigenvalue weighted by molar-refractivity contribution is 0.106. The van der Waals surface area contributed by atoms with Crippen LogP contribution in [0.5, 0.6) is 17.2 Å². The zero-order chi connectivity index (χ0) is 22.4. The number of hydrogen-bond acceptors (Lipinski definition) is 7. The van der Waals surface area contributed by atoms with Gasteiger partial charge in [0.05, 0.1) is 19.1 Å². The van der Waals surface area contributed by atoms with Gasteiger partial charge in [-0.15, -0.1) is 0 Å². The summed E-state index contributed by atoms with van der Waals surface area (Å²) in [5, 5.41) is 23.3. The molecule has 3 rings (SSSR count). The van der Waals surface area contributed by atoms with Crippen molar-refractivity contribution in [3.63, 3.8) is 0 Å². The molecule has 0 bridgehead atoms. The third-order valence-electron chi connectivity index (χ3n) is 5.27. The molecule has 1 aliphatic rings. The number of benzene rings is 2. The van der Waals surface area contributed by atoms with Crippen molar-refractivity contribution in [3.8, 4) is 17.2 Å². The highest BCUT2D eigenvalue weighted by Crippen LogP contribution is 2.33. The molecular weight excluding hydrogens is 420 g/mol. The number of aryl methyl sites for hydroxylation is 1. The fraction of sp³-hybridized carbons (Fsp3) is 0.455. The molecule has 0 spiro atoms. The number of aromatic hydroxyl groups is 1. The molecule has 2 aromatic rings. The van der Waals surface area contributed by atoms with Crippen LogP contribution in [0.4, 0.5) is 5.69 Å². The second-order valence-corrected chi connectivity index (χ2v) is 9.58. The van der Waals surface area contributed by atoms with E-state index < -0.39 is 16.1 Å². The Kier molecular flexibility index (Phi) is 7.64. The summed E-state index contributed by atoms with van der Waals surface area (Å²) in [5.74, 6) is 1.37. The van der Waals surface area contributed by atoms with Crippen molar-refractivity contribution in [2.75, 3.05) is 37.8 Å². The molecular formula is C22H30N2O6S. The van der Waals surface area contributed by atoms with Crippen molar-refractivity contribution in [1.29, 1.82) is 0 Å². The number of nitrogens with one attached hydrogen (secondary N) is 2. The first-order valence-corrected chi connectivity index (χ1v) is 12.1. The highest BCUT2D eigenvalue weighted by Gasteiger charge is 2.21. The topological polar surface area (TPSA) is 117 Å². The Bertz CT molecular complexity index is 995. The highest BCUT2D eigenvalue weighted by atomic mass is 32.2. The highest BCUT2D eigenvalue weighted by molar-refractivity contribution is 7.92. The Hall–Kier alpha value is -2.49. The molecule has 0 heterocycles. The van der Waals surface area contributed by atoms with E-state index in [2.05, 4.69) is 22.2 Å². The molecule has 170 valence electrons. The van der Waals surface area contributed by atoms with Crippen LogP contribution in [-0.4, -0.2) is 57.8 Å². The molecule has 9 heteroatoms. The van der Waals surface area contributed by atoms with Crippen LogP contribution in [0.15, 0.2) is 36.4 Å². The minimum Gasteiger partial charge on any atom is -0.506 e. The maximum Gasteiger partial charge on any atom is 0.229 e.